The summed E-state index contributed by atoms with van der Waals surface area (Å²) < 4.78 is 6.47. The van der Waals surface area contributed by atoms with Gasteiger partial charge in [0.15, 0.2) is 0 Å². The van der Waals surface area contributed by atoms with Crippen LogP contribution in [0.3, 0.4) is 0 Å². The summed E-state index contributed by atoms with van der Waals surface area (Å²) in [5, 5.41) is 26.8. The molecule has 0 amide bonds. The maximum Gasteiger partial charge on any atom is 0.339 e. The summed E-state index contributed by atoms with van der Waals surface area (Å²) in [4.78, 5) is 27.7. The minimum Gasteiger partial charge on any atom is -0.507 e. The lowest BCUT2D eigenvalue weighted by atomic mass is 10.0. The predicted octanol–water partition coefficient (Wildman–Crippen LogP) is 5.26. The fourth-order valence-electron chi connectivity index (χ4n) is 4.06. The van der Waals surface area contributed by atoms with Crippen molar-refractivity contribution in [1.82, 2.24) is 9.88 Å². The van der Waals surface area contributed by atoms with Gasteiger partial charge in [0.2, 0.25) is 0 Å². The smallest absolute Gasteiger partial charge is 0.339 e. The lowest BCUT2D eigenvalue weighted by Gasteiger charge is -2.34. The van der Waals surface area contributed by atoms with Crippen LogP contribution in [0.5, 0.6) is 5.75 Å². The first-order valence-corrected chi connectivity index (χ1v) is 12.5. The van der Waals surface area contributed by atoms with E-state index < -0.39 is 11.9 Å². The first-order chi connectivity index (χ1) is 17.8. The first kappa shape index (κ1) is 28.1. The lowest BCUT2D eigenvalue weighted by molar-refractivity contribution is -0.137. The number of aromatic carboxylic acids is 1. The second kappa shape index (κ2) is 14.3. The molecule has 37 heavy (non-hydrogen) atoms. The molecule has 1 fully saturated rings. The molecule has 0 unspecified atom stereocenters. The molecule has 0 saturated carbocycles. The van der Waals surface area contributed by atoms with Gasteiger partial charge in [-0.3, -0.25) is 9.78 Å². The lowest BCUT2D eigenvalue weighted by Crippen LogP contribution is -2.38. The largest absolute Gasteiger partial charge is 0.507 e. The number of aliphatic carboxylic acids is 1. The summed E-state index contributed by atoms with van der Waals surface area (Å²) in [6, 6.07) is 19.4. The van der Waals surface area contributed by atoms with Crippen LogP contribution in [-0.4, -0.2) is 62.9 Å². The van der Waals surface area contributed by atoms with Crippen molar-refractivity contribution < 1.29 is 29.6 Å². The zero-order valence-corrected chi connectivity index (χ0v) is 21.1. The fraction of sp³-hybridized carbons (Fsp3) is 0.321. The second-order valence-electron chi connectivity index (χ2n) is 8.68. The summed E-state index contributed by atoms with van der Waals surface area (Å²) in [6.45, 7) is 2.69. The Balaban J connectivity index is 0.000000319. The number of ether oxygens (including phenoxy) is 1. The van der Waals surface area contributed by atoms with E-state index in [0.717, 1.165) is 43.7 Å². The van der Waals surface area contributed by atoms with Crippen LogP contribution in [0.2, 0.25) is 5.02 Å². The minimum absolute atomic E-state index is 0.0671. The Kier molecular flexibility index (Phi) is 10.9. The Bertz CT molecular complexity index is 1130. The van der Waals surface area contributed by atoms with Crippen molar-refractivity contribution in [2.45, 2.75) is 37.9 Å². The van der Waals surface area contributed by atoms with Crippen LogP contribution in [0.15, 0.2) is 72.9 Å². The number of pyridine rings is 1. The first-order valence-electron chi connectivity index (χ1n) is 12.1. The minimum atomic E-state index is -1.11. The Morgan fingerprint density at radius 1 is 1.00 bits per heavy atom. The highest BCUT2D eigenvalue weighted by atomic mass is 35.5. The summed E-state index contributed by atoms with van der Waals surface area (Å²) >= 11 is 6.03. The van der Waals surface area contributed by atoms with E-state index in [1.54, 1.807) is 18.3 Å². The molecule has 0 spiro atoms. The number of phenols is 1. The van der Waals surface area contributed by atoms with Gasteiger partial charge in [-0.05, 0) is 67.8 Å². The molecule has 9 heteroatoms. The number of nitrogens with zero attached hydrogens (tertiary/aromatic N) is 2. The third-order valence-electron chi connectivity index (χ3n) is 5.99. The van der Waals surface area contributed by atoms with Gasteiger partial charge in [-0.15, -0.1) is 0 Å². The van der Waals surface area contributed by atoms with Crippen molar-refractivity contribution in [3.8, 4) is 5.75 Å². The summed E-state index contributed by atoms with van der Waals surface area (Å²) in [5.74, 6) is -2.04. The van der Waals surface area contributed by atoms with Gasteiger partial charge in [-0.2, -0.15) is 0 Å². The van der Waals surface area contributed by atoms with E-state index in [4.69, 9.17) is 31.7 Å². The Labute approximate surface area is 221 Å². The summed E-state index contributed by atoms with van der Waals surface area (Å²) in [5.41, 5.74) is 1.87. The predicted molar refractivity (Wildman–Crippen MR) is 140 cm³/mol. The van der Waals surface area contributed by atoms with Crippen molar-refractivity contribution in [2.24, 2.45) is 0 Å². The summed E-state index contributed by atoms with van der Waals surface area (Å²) in [7, 11) is 0. The second-order valence-corrected chi connectivity index (χ2v) is 9.12. The topological polar surface area (TPSA) is 120 Å². The molecule has 2 heterocycles. The molecule has 8 nitrogen and oxygen atoms in total. The number of carboxylic acid groups (broad SMARTS) is 2. The number of rotatable bonds is 9. The van der Waals surface area contributed by atoms with Crippen LogP contribution >= 0.6 is 11.6 Å². The molecule has 2 aromatic carbocycles. The van der Waals surface area contributed by atoms with E-state index in [2.05, 4.69) is 9.88 Å². The standard InChI is InChI=1S/C21H25ClN2O3.C7H6O3/c22-17-8-6-16(7-9-17)21(19-4-1-2-12-23-19)27-18-10-14-24(15-11-18)13-3-5-20(25)26;8-6-4-2-1-3-5(6)7(9)10/h1-2,4,6-9,12,18,21H,3,5,10-11,13-15H2,(H,25,26);1-4,8H,(H,9,10)/t21-;/m0./s1. The van der Waals surface area contributed by atoms with Gasteiger partial charge in [0.25, 0.3) is 0 Å². The molecule has 0 aliphatic carbocycles. The molecular formula is C28H31ClN2O6. The molecule has 1 aromatic heterocycles. The zero-order chi connectivity index (χ0) is 26.6. The molecule has 1 atom stereocenters. The van der Waals surface area contributed by atoms with Gasteiger partial charge in [0.1, 0.15) is 17.4 Å². The molecule has 196 valence electrons. The van der Waals surface area contributed by atoms with Gasteiger partial charge < -0.3 is 25.0 Å². The molecular weight excluding hydrogens is 496 g/mol. The third kappa shape index (κ3) is 9.17. The summed E-state index contributed by atoms with van der Waals surface area (Å²) in [6.07, 6.45) is 4.52. The van der Waals surface area contributed by atoms with Crippen molar-refractivity contribution in [3.05, 3.63) is 94.8 Å². The number of hydrogen-bond donors (Lipinski definition) is 3. The number of carbonyl (C=O) groups is 2. The zero-order valence-electron chi connectivity index (χ0n) is 20.4. The maximum absolute atomic E-state index is 10.7. The highest BCUT2D eigenvalue weighted by molar-refractivity contribution is 6.30. The van der Waals surface area contributed by atoms with Gasteiger partial charge in [-0.1, -0.05) is 41.9 Å². The van der Waals surface area contributed by atoms with E-state index in [0.29, 0.717) is 11.4 Å². The molecule has 1 aliphatic heterocycles. The van der Waals surface area contributed by atoms with Crippen molar-refractivity contribution in [3.63, 3.8) is 0 Å². The van der Waals surface area contributed by atoms with Crippen molar-refractivity contribution >= 4 is 23.5 Å². The number of carboxylic acids is 2. The maximum atomic E-state index is 10.7. The number of benzene rings is 2. The molecule has 1 saturated heterocycles. The number of piperidine rings is 1. The van der Waals surface area contributed by atoms with Crippen LogP contribution in [-0.2, 0) is 9.53 Å². The number of para-hydroxylation sites is 1. The Morgan fingerprint density at radius 2 is 1.68 bits per heavy atom. The van der Waals surface area contributed by atoms with Crippen LogP contribution < -0.4 is 0 Å². The average Bonchev–Trinajstić information content (AvgIpc) is 2.89. The van der Waals surface area contributed by atoms with E-state index in [1.807, 2.05) is 42.5 Å². The normalized spacial score (nSPS) is 14.8. The van der Waals surface area contributed by atoms with Crippen molar-refractivity contribution in [2.75, 3.05) is 19.6 Å². The van der Waals surface area contributed by atoms with Gasteiger partial charge in [0, 0.05) is 30.7 Å². The van der Waals surface area contributed by atoms with Gasteiger partial charge in [-0.25, -0.2) is 4.79 Å². The number of halogens is 1. The van der Waals surface area contributed by atoms with Crippen LogP contribution in [0.25, 0.3) is 0 Å². The highest BCUT2D eigenvalue weighted by Gasteiger charge is 2.25. The molecule has 0 radical (unpaired) electrons. The van der Waals surface area contributed by atoms with Gasteiger partial charge >= 0.3 is 11.9 Å². The number of hydrogen-bond acceptors (Lipinski definition) is 6. The Morgan fingerprint density at radius 3 is 2.24 bits per heavy atom. The highest BCUT2D eigenvalue weighted by Crippen LogP contribution is 2.29. The van der Waals surface area contributed by atoms with Crippen LogP contribution in [0, 0.1) is 0 Å². The van der Waals surface area contributed by atoms with Crippen LogP contribution in [0.1, 0.15) is 53.4 Å². The van der Waals surface area contributed by atoms with E-state index >= 15 is 0 Å². The van der Waals surface area contributed by atoms with E-state index in [-0.39, 0.29) is 29.9 Å². The monoisotopic (exact) mass is 526 g/mol. The van der Waals surface area contributed by atoms with Crippen LogP contribution in [0.4, 0.5) is 0 Å². The SMILES string of the molecule is O=C(O)CCCN1CCC(O[C@@H](c2ccc(Cl)cc2)c2ccccn2)CC1.O=C(O)c1ccccc1O. The molecule has 1 aliphatic rings. The van der Waals surface area contributed by atoms with Crippen molar-refractivity contribution in [1.29, 1.82) is 0 Å². The molecule has 0 bridgehead atoms. The number of aromatic hydroxyl groups is 1. The quantitative estimate of drug-likeness (QED) is 0.345. The third-order valence-corrected chi connectivity index (χ3v) is 6.24. The molecule has 3 aromatic rings. The van der Waals surface area contributed by atoms with E-state index in [9.17, 15) is 9.59 Å². The molecule has 4 rings (SSSR count). The fourth-order valence-corrected chi connectivity index (χ4v) is 4.18. The average molecular weight is 527 g/mol. The van der Waals surface area contributed by atoms with Gasteiger partial charge in [0.05, 0.1) is 11.8 Å². The van der Waals surface area contributed by atoms with E-state index in [1.165, 1.54) is 12.1 Å². The number of likely N-dealkylation sites (tertiary alicyclic amines) is 1. The number of aromatic nitrogens is 1. The Hall–Kier alpha value is -3.46. The molecule has 3 N–H and O–H groups in total.